The van der Waals surface area contributed by atoms with Gasteiger partial charge in [0.15, 0.2) is 6.29 Å². The highest BCUT2D eigenvalue weighted by Crippen LogP contribution is 2.23. The summed E-state index contributed by atoms with van der Waals surface area (Å²) in [4.78, 5) is 25.0. The van der Waals surface area contributed by atoms with Gasteiger partial charge in [0.25, 0.3) is 0 Å². The van der Waals surface area contributed by atoms with Crippen molar-refractivity contribution in [2.75, 3.05) is 19.8 Å². The van der Waals surface area contributed by atoms with E-state index in [0.29, 0.717) is 19.4 Å². The molecule has 7 atom stereocenters. The van der Waals surface area contributed by atoms with Crippen molar-refractivity contribution in [1.29, 1.82) is 0 Å². The Bertz CT molecular complexity index is 1250. The van der Waals surface area contributed by atoms with E-state index in [9.17, 15) is 35.1 Å². The van der Waals surface area contributed by atoms with E-state index >= 15 is 0 Å². The van der Waals surface area contributed by atoms with E-state index in [2.05, 4.69) is 31.3 Å². The molecule has 11 heteroatoms. The van der Waals surface area contributed by atoms with Crippen molar-refractivity contribution in [1.82, 2.24) is 5.32 Å². The molecule has 0 aromatic rings. The average Bonchev–Trinajstić information content (AvgIpc) is 3.38. The van der Waals surface area contributed by atoms with E-state index in [1.165, 1.54) is 193 Å². The second-order valence-electron chi connectivity index (χ2n) is 21.4. The largest absolute Gasteiger partial charge is 0.466 e. The van der Waals surface area contributed by atoms with E-state index in [1.54, 1.807) is 6.08 Å². The number of nitrogens with one attached hydrogen (secondary N) is 1. The van der Waals surface area contributed by atoms with E-state index < -0.39 is 49.5 Å². The molecule has 6 N–H and O–H groups in total. The van der Waals surface area contributed by atoms with Crippen LogP contribution in [0.4, 0.5) is 0 Å². The summed E-state index contributed by atoms with van der Waals surface area (Å²) in [6.45, 7) is 4.32. The first kappa shape index (κ1) is 68.2. The fourth-order valence-corrected chi connectivity index (χ4v) is 9.67. The minimum absolute atomic E-state index is 0.000558. The normalized spacial score (nSPS) is 19.1. The highest BCUT2D eigenvalue weighted by atomic mass is 16.7. The smallest absolute Gasteiger partial charge is 0.305 e. The van der Waals surface area contributed by atoms with Crippen molar-refractivity contribution in [3.05, 3.63) is 24.3 Å². The molecule has 1 heterocycles. The van der Waals surface area contributed by atoms with Gasteiger partial charge in [-0.1, -0.05) is 244 Å². The predicted molar refractivity (Wildman–Crippen MR) is 297 cm³/mol. The molecule has 1 fully saturated rings. The summed E-state index contributed by atoms with van der Waals surface area (Å²) >= 11 is 0. The van der Waals surface area contributed by atoms with Crippen molar-refractivity contribution in [2.24, 2.45) is 0 Å². The van der Waals surface area contributed by atoms with Crippen LogP contribution in [0.3, 0.4) is 0 Å². The number of rotatable bonds is 53. The number of carbonyl (C=O) groups excluding carboxylic acids is 2. The van der Waals surface area contributed by atoms with Gasteiger partial charge in [-0.2, -0.15) is 0 Å². The Labute approximate surface area is 441 Å². The zero-order valence-corrected chi connectivity index (χ0v) is 46.7. The number of aliphatic hydroxyl groups excluding tert-OH is 5. The molecule has 0 spiro atoms. The van der Waals surface area contributed by atoms with E-state index in [0.717, 1.165) is 70.6 Å². The SMILES string of the molecule is CCCCCCCCCC/C=C/C(O)C(COC1OC(CO)C(O)C(O)C1O)NC(=O)CCCCCCCCC/C=C\CCCCCCCCCCCCCCOC(=O)CCCCCCCCCCCCC. The summed E-state index contributed by atoms with van der Waals surface area (Å²) in [5, 5.41) is 54.3. The molecule has 0 saturated carbocycles. The zero-order valence-electron chi connectivity index (χ0n) is 46.7. The number of unbranched alkanes of at least 4 members (excludes halogenated alkanes) is 37. The molecule has 1 saturated heterocycles. The van der Waals surface area contributed by atoms with Crippen molar-refractivity contribution in [3.8, 4) is 0 Å². The minimum Gasteiger partial charge on any atom is -0.466 e. The Morgan fingerprint density at radius 2 is 0.889 bits per heavy atom. The lowest BCUT2D eigenvalue weighted by Gasteiger charge is -2.40. The number of esters is 1. The highest BCUT2D eigenvalue weighted by Gasteiger charge is 2.44. The van der Waals surface area contributed by atoms with Gasteiger partial charge in [0.05, 0.1) is 32.0 Å². The molecule has 1 aliphatic heterocycles. The molecule has 7 unspecified atom stereocenters. The molecule has 1 rings (SSSR count). The van der Waals surface area contributed by atoms with Gasteiger partial charge >= 0.3 is 5.97 Å². The van der Waals surface area contributed by atoms with Crippen LogP contribution in [0.2, 0.25) is 0 Å². The summed E-state index contributed by atoms with van der Waals surface area (Å²) in [5.41, 5.74) is 0. The van der Waals surface area contributed by atoms with Gasteiger partial charge in [-0.15, -0.1) is 0 Å². The minimum atomic E-state index is -1.57. The molecular weight excluding hydrogens is 907 g/mol. The fourth-order valence-electron chi connectivity index (χ4n) is 9.67. The Morgan fingerprint density at radius 3 is 1.33 bits per heavy atom. The third kappa shape index (κ3) is 40.5. The second kappa shape index (κ2) is 51.3. The van der Waals surface area contributed by atoms with Crippen LogP contribution in [0, 0.1) is 0 Å². The van der Waals surface area contributed by atoms with Crippen LogP contribution in [0.25, 0.3) is 0 Å². The van der Waals surface area contributed by atoms with Gasteiger partial charge in [-0.25, -0.2) is 0 Å². The Morgan fingerprint density at radius 1 is 0.500 bits per heavy atom. The number of carbonyl (C=O) groups is 2. The lowest BCUT2D eigenvalue weighted by atomic mass is 9.99. The first-order chi connectivity index (χ1) is 35.2. The molecule has 11 nitrogen and oxygen atoms in total. The number of ether oxygens (including phenoxy) is 3. The van der Waals surface area contributed by atoms with Gasteiger partial charge < -0.3 is 45.1 Å². The summed E-state index contributed by atoms with van der Waals surface area (Å²) in [6, 6.07) is -0.813. The topological polar surface area (TPSA) is 175 Å². The van der Waals surface area contributed by atoms with E-state index in [1.807, 2.05) is 6.08 Å². The van der Waals surface area contributed by atoms with Crippen molar-refractivity contribution >= 4 is 11.9 Å². The van der Waals surface area contributed by atoms with Crippen LogP contribution >= 0.6 is 0 Å². The zero-order chi connectivity index (χ0) is 52.4. The van der Waals surface area contributed by atoms with Crippen LogP contribution in [0.5, 0.6) is 0 Å². The third-order valence-electron chi connectivity index (χ3n) is 14.6. The average molecular weight is 1020 g/mol. The van der Waals surface area contributed by atoms with Crippen LogP contribution in [-0.4, -0.2) is 100 Å². The Hall–Kier alpha value is -1.86. The highest BCUT2D eigenvalue weighted by molar-refractivity contribution is 5.76. The molecule has 0 aliphatic carbocycles. The van der Waals surface area contributed by atoms with E-state index in [-0.39, 0.29) is 18.5 Å². The summed E-state index contributed by atoms with van der Waals surface area (Å²) in [5.74, 6) is -0.189. The Balaban J connectivity index is 2.03. The molecule has 0 aromatic carbocycles. The lowest BCUT2D eigenvalue weighted by Crippen LogP contribution is -2.60. The lowest BCUT2D eigenvalue weighted by molar-refractivity contribution is -0.302. The molecule has 424 valence electrons. The van der Waals surface area contributed by atoms with Crippen LogP contribution < -0.4 is 5.32 Å². The van der Waals surface area contributed by atoms with Crippen LogP contribution in [0.15, 0.2) is 24.3 Å². The standard InChI is InChI=1S/C61H115NO10/c1-3-5-7-9-11-13-28-33-37-41-45-49-57(66)70-50-46-42-38-34-30-27-25-23-21-19-17-15-16-18-20-22-24-26-29-32-36-40-44-48-56(65)62-53(52-71-61-60(69)59(68)58(67)55(51-63)72-61)54(64)47-43-39-35-31-14-12-10-8-6-4-2/h18,20,43,47,53-55,58-61,63-64,67-69H,3-17,19,21-42,44-46,48-52H2,1-2H3,(H,62,65)/b20-18-,47-43+. The predicted octanol–water partition coefficient (Wildman–Crippen LogP) is 14.1. The molecule has 1 aliphatic rings. The molecule has 1 amide bonds. The molecule has 72 heavy (non-hydrogen) atoms. The maximum absolute atomic E-state index is 13.0. The van der Waals surface area contributed by atoms with Gasteiger partial charge in [0, 0.05) is 12.8 Å². The third-order valence-corrected chi connectivity index (χ3v) is 14.6. The molecule has 0 aromatic heterocycles. The fraction of sp³-hybridized carbons (Fsp3) is 0.902. The van der Waals surface area contributed by atoms with Crippen LogP contribution in [-0.2, 0) is 23.8 Å². The monoisotopic (exact) mass is 1020 g/mol. The summed E-state index contributed by atoms with van der Waals surface area (Å²) in [6.07, 6.45) is 51.4. The van der Waals surface area contributed by atoms with Gasteiger partial charge in [-0.05, 0) is 57.8 Å². The molecular formula is C61H115NO10. The maximum Gasteiger partial charge on any atom is 0.305 e. The number of allylic oxidation sites excluding steroid dienone is 3. The molecule has 0 bridgehead atoms. The summed E-state index contributed by atoms with van der Waals surface area (Å²) < 4.78 is 16.7. The quantitative estimate of drug-likeness (QED) is 0.0195. The van der Waals surface area contributed by atoms with Gasteiger partial charge in [0.1, 0.15) is 24.4 Å². The summed E-state index contributed by atoms with van der Waals surface area (Å²) in [7, 11) is 0. The number of aliphatic hydroxyl groups is 5. The van der Waals surface area contributed by atoms with Crippen molar-refractivity contribution < 1.29 is 49.3 Å². The van der Waals surface area contributed by atoms with E-state index in [4.69, 9.17) is 14.2 Å². The van der Waals surface area contributed by atoms with Crippen LogP contribution in [0.1, 0.15) is 290 Å². The number of amides is 1. The number of hydrogen-bond donors (Lipinski definition) is 6. The van der Waals surface area contributed by atoms with Crippen molar-refractivity contribution in [3.63, 3.8) is 0 Å². The first-order valence-corrected chi connectivity index (χ1v) is 30.6. The second-order valence-corrected chi connectivity index (χ2v) is 21.4. The van der Waals surface area contributed by atoms with Crippen molar-refractivity contribution in [2.45, 2.75) is 333 Å². The van der Waals surface area contributed by atoms with Gasteiger partial charge in [0.2, 0.25) is 5.91 Å². The Kier molecular flexibility index (Phi) is 48.5. The number of hydrogen-bond acceptors (Lipinski definition) is 10. The molecule has 0 radical (unpaired) electrons. The first-order valence-electron chi connectivity index (χ1n) is 30.6. The maximum atomic E-state index is 13.0. The van der Waals surface area contributed by atoms with Gasteiger partial charge in [-0.3, -0.25) is 9.59 Å².